The number of rotatable bonds is 11. The quantitative estimate of drug-likeness (QED) is 0.483. The van der Waals surface area contributed by atoms with Crippen LogP contribution in [0.2, 0.25) is 0 Å². The molecule has 1 aliphatic rings. The number of methoxy groups -OCH3 is 2. The smallest absolute Gasteiger partial charge is 0.231 e. The van der Waals surface area contributed by atoms with Crippen molar-refractivity contribution in [3.63, 3.8) is 0 Å². The first-order valence-electron chi connectivity index (χ1n) is 11.3. The molecule has 0 amide bonds. The van der Waals surface area contributed by atoms with Gasteiger partial charge >= 0.3 is 0 Å². The Balaban J connectivity index is 1.51. The fraction of sp³-hybridized carbons (Fsp3) is 0.333. The van der Waals surface area contributed by atoms with Crippen molar-refractivity contribution in [1.29, 1.82) is 0 Å². The van der Waals surface area contributed by atoms with E-state index in [9.17, 15) is 0 Å². The van der Waals surface area contributed by atoms with Gasteiger partial charge in [-0.25, -0.2) is 0 Å². The summed E-state index contributed by atoms with van der Waals surface area (Å²) in [5.41, 5.74) is 3.67. The summed E-state index contributed by atoms with van der Waals surface area (Å²) in [4.78, 5) is 1.43. The minimum atomic E-state index is 0.297. The van der Waals surface area contributed by atoms with Gasteiger partial charge in [0.05, 0.1) is 27.4 Å². The fourth-order valence-corrected chi connectivity index (χ4v) is 4.08. The van der Waals surface area contributed by atoms with Crippen LogP contribution in [0, 0.1) is 0 Å². The highest BCUT2D eigenvalue weighted by Gasteiger charge is 2.17. The van der Waals surface area contributed by atoms with Crippen molar-refractivity contribution in [2.45, 2.75) is 26.4 Å². The molecular formula is C27H32NO5+. The number of fused-ring (bicyclic) bond motifs is 1. The third kappa shape index (κ3) is 5.90. The van der Waals surface area contributed by atoms with E-state index in [1.54, 1.807) is 14.2 Å². The Morgan fingerprint density at radius 1 is 0.788 bits per heavy atom. The van der Waals surface area contributed by atoms with Crippen LogP contribution in [0.5, 0.6) is 28.7 Å². The molecule has 0 spiro atoms. The van der Waals surface area contributed by atoms with Gasteiger partial charge in [0.25, 0.3) is 0 Å². The largest absolute Gasteiger partial charge is 0.497 e. The summed E-state index contributed by atoms with van der Waals surface area (Å²) in [5, 5.41) is 0. The average Bonchev–Trinajstić information content (AvgIpc) is 3.32. The molecule has 0 aliphatic carbocycles. The Kier molecular flexibility index (Phi) is 7.58. The molecule has 0 saturated heterocycles. The lowest BCUT2D eigenvalue weighted by Crippen LogP contribution is -3.09. The van der Waals surface area contributed by atoms with Crippen molar-refractivity contribution in [2.24, 2.45) is 0 Å². The Morgan fingerprint density at radius 2 is 1.55 bits per heavy atom. The summed E-state index contributed by atoms with van der Waals surface area (Å²) in [6.07, 6.45) is 0.932. The third-order valence-electron chi connectivity index (χ3n) is 5.83. The van der Waals surface area contributed by atoms with Gasteiger partial charge in [0.1, 0.15) is 30.3 Å². The molecule has 6 nitrogen and oxygen atoms in total. The van der Waals surface area contributed by atoms with Gasteiger partial charge in [-0.15, -0.1) is 0 Å². The molecule has 1 heterocycles. The molecule has 1 aliphatic heterocycles. The van der Waals surface area contributed by atoms with Gasteiger partial charge in [-0.05, 0) is 61.0 Å². The summed E-state index contributed by atoms with van der Waals surface area (Å²) >= 11 is 0. The molecule has 0 saturated carbocycles. The van der Waals surface area contributed by atoms with Crippen LogP contribution >= 0.6 is 0 Å². The Morgan fingerprint density at radius 3 is 2.30 bits per heavy atom. The predicted octanol–water partition coefficient (Wildman–Crippen LogP) is 3.66. The van der Waals surface area contributed by atoms with Gasteiger partial charge < -0.3 is 28.6 Å². The monoisotopic (exact) mass is 450 g/mol. The van der Waals surface area contributed by atoms with E-state index >= 15 is 0 Å². The number of nitrogens with one attached hydrogen (secondary N) is 1. The SMILES string of the molecule is CCOc1ccc(C[NH+](CCc2ccc3c(c2)OCO3)Cc2ccc(OC)cc2OC)cc1. The maximum atomic E-state index is 5.65. The van der Waals surface area contributed by atoms with Crippen LogP contribution in [-0.2, 0) is 19.5 Å². The molecule has 1 unspecified atom stereocenters. The highest BCUT2D eigenvalue weighted by Crippen LogP contribution is 2.32. The number of hydrogen-bond acceptors (Lipinski definition) is 5. The van der Waals surface area contributed by atoms with Crippen LogP contribution in [-0.4, -0.2) is 34.2 Å². The highest BCUT2D eigenvalue weighted by molar-refractivity contribution is 5.44. The van der Waals surface area contributed by atoms with E-state index in [4.69, 9.17) is 23.7 Å². The van der Waals surface area contributed by atoms with E-state index in [1.165, 1.54) is 16.0 Å². The molecule has 174 valence electrons. The van der Waals surface area contributed by atoms with E-state index in [2.05, 4.69) is 30.3 Å². The zero-order valence-electron chi connectivity index (χ0n) is 19.6. The number of ether oxygens (including phenoxy) is 5. The first-order valence-corrected chi connectivity index (χ1v) is 11.3. The van der Waals surface area contributed by atoms with E-state index < -0.39 is 0 Å². The van der Waals surface area contributed by atoms with Crippen LogP contribution in [0.4, 0.5) is 0 Å². The van der Waals surface area contributed by atoms with Crippen molar-refractivity contribution in [1.82, 2.24) is 0 Å². The van der Waals surface area contributed by atoms with Gasteiger partial charge in [0.15, 0.2) is 11.5 Å². The Labute approximate surface area is 195 Å². The maximum Gasteiger partial charge on any atom is 0.231 e. The summed E-state index contributed by atoms with van der Waals surface area (Å²) in [5.74, 6) is 4.20. The zero-order chi connectivity index (χ0) is 23.0. The van der Waals surface area contributed by atoms with Gasteiger partial charge in [-0.2, -0.15) is 0 Å². The molecule has 0 bridgehead atoms. The Bertz CT molecular complexity index is 1050. The van der Waals surface area contributed by atoms with Crippen LogP contribution in [0.15, 0.2) is 60.7 Å². The number of quaternary nitrogens is 1. The number of hydrogen-bond donors (Lipinski definition) is 1. The van der Waals surface area contributed by atoms with E-state index in [1.807, 2.05) is 37.3 Å². The second-order valence-corrected chi connectivity index (χ2v) is 8.05. The second-order valence-electron chi connectivity index (χ2n) is 8.05. The molecule has 0 radical (unpaired) electrons. The molecule has 4 rings (SSSR count). The van der Waals surface area contributed by atoms with Gasteiger partial charge in [-0.3, -0.25) is 0 Å². The molecule has 6 heteroatoms. The molecule has 0 aromatic heterocycles. The van der Waals surface area contributed by atoms with E-state index in [-0.39, 0.29) is 0 Å². The molecule has 1 atom stereocenters. The lowest BCUT2D eigenvalue weighted by Gasteiger charge is -2.21. The molecular weight excluding hydrogens is 418 g/mol. The number of benzene rings is 3. The molecule has 3 aromatic rings. The molecule has 33 heavy (non-hydrogen) atoms. The van der Waals surface area contributed by atoms with Gasteiger partial charge in [0.2, 0.25) is 6.79 Å². The van der Waals surface area contributed by atoms with Crippen LogP contribution < -0.4 is 28.6 Å². The van der Waals surface area contributed by atoms with Gasteiger partial charge in [-0.1, -0.05) is 6.07 Å². The van der Waals surface area contributed by atoms with Crippen LogP contribution in [0.3, 0.4) is 0 Å². The fourth-order valence-electron chi connectivity index (χ4n) is 4.08. The standard InChI is InChI=1S/C27H31NO5/c1-4-31-23-9-5-21(6-10-23)17-28(18-22-8-11-24(29-2)16-26(22)30-3)14-13-20-7-12-25-27(15-20)33-19-32-25/h5-12,15-16H,4,13-14,17-19H2,1-3H3/p+1. The van der Waals surface area contributed by atoms with E-state index in [0.717, 1.165) is 60.4 Å². The topological polar surface area (TPSA) is 50.6 Å². The first kappa shape index (κ1) is 22.8. The van der Waals surface area contributed by atoms with E-state index in [0.29, 0.717) is 13.4 Å². The first-order chi connectivity index (χ1) is 16.2. The lowest BCUT2D eigenvalue weighted by molar-refractivity contribution is -0.927. The summed E-state index contributed by atoms with van der Waals surface area (Å²) in [6.45, 7) is 5.66. The van der Waals surface area contributed by atoms with Gasteiger partial charge in [0, 0.05) is 23.6 Å². The second kappa shape index (κ2) is 11.0. The maximum absolute atomic E-state index is 5.65. The van der Waals surface area contributed by atoms with Crippen molar-refractivity contribution in [3.8, 4) is 28.7 Å². The normalized spacial score (nSPS) is 12.9. The van der Waals surface area contributed by atoms with Crippen LogP contribution in [0.1, 0.15) is 23.6 Å². The van der Waals surface area contributed by atoms with Crippen molar-refractivity contribution >= 4 is 0 Å². The lowest BCUT2D eigenvalue weighted by atomic mass is 10.1. The summed E-state index contributed by atoms with van der Waals surface area (Å²) in [6, 6.07) is 20.6. The molecule has 3 aromatic carbocycles. The van der Waals surface area contributed by atoms with Crippen molar-refractivity contribution in [3.05, 3.63) is 77.4 Å². The summed E-state index contributed by atoms with van der Waals surface area (Å²) in [7, 11) is 3.38. The van der Waals surface area contributed by atoms with Crippen LogP contribution in [0.25, 0.3) is 0 Å². The zero-order valence-corrected chi connectivity index (χ0v) is 19.6. The van der Waals surface area contributed by atoms with Crippen molar-refractivity contribution < 1.29 is 28.6 Å². The summed E-state index contributed by atoms with van der Waals surface area (Å²) < 4.78 is 27.6. The highest BCUT2D eigenvalue weighted by atomic mass is 16.7. The third-order valence-corrected chi connectivity index (χ3v) is 5.83. The minimum absolute atomic E-state index is 0.297. The predicted molar refractivity (Wildman–Crippen MR) is 127 cm³/mol. The molecule has 0 fully saturated rings. The molecule has 1 N–H and O–H groups in total. The Hall–Kier alpha value is -3.38. The van der Waals surface area contributed by atoms with Crippen molar-refractivity contribution in [2.75, 3.05) is 34.2 Å². The minimum Gasteiger partial charge on any atom is -0.497 e. The average molecular weight is 451 g/mol.